The molecule has 4 rings (SSSR count). The number of ether oxygens (including phenoxy) is 1. The zero-order valence-corrected chi connectivity index (χ0v) is 17.6. The van der Waals surface area contributed by atoms with Gasteiger partial charge in [0.1, 0.15) is 5.75 Å². The van der Waals surface area contributed by atoms with Crippen LogP contribution in [0.5, 0.6) is 5.75 Å². The fourth-order valence-electron chi connectivity index (χ4n) is 4.37. The molecule has 1 aliphatic carbocycles. The molecule has 158 valence electrons. The Labute approximate surface area is 172 Å². The molecule has 1 aliphatic heterocycles. The van der Waals surface area contributed by atoms with Crippen molar-refractivity contribution in [2.45, 2.75) is 51.2 Å². The summed E-state index contributed by atoms with van der Waals surface area (Å²) in [6, 6.07) is 4.17. The van der Waals surface area contributed by atoms with Gasteiger partial charge in [0.2, 0.25) is 6.41 Å². The van der Waals surface area contributed by atoms with Crippen LogP contribution in [-0.4, -0.2) is 58.5 Å². The Kier molecular flexibility index (Phi) is 5.53. The van der Waals surface area contributed by atoms with E-state index in [1.165, 1.54) is 0 Å². The smallest absolute Gasteiger partial charge is 0.211 e. The van der Waals surface area contributed by atoms with Crippen LogP contribution in [0.3, 0.4) is 0 Å². The van der Waals surface area contributed by atoms with Gasteiger partial charge in [-0.3, -0.25) is 9.48 Å². The lowest BCUT2D eigenvalue weighted by atomic mass is 9.71. The van der Waals surface area contributed by atoms with E-state index in [9.17, 15) is 9.90 Å². The number of aliphatic hydroxyl groups is 1. The largest absolute Gasteiger partial charge is 0.491 e. The SMILES string of the molecule is CN1CCC(COc2cc3nn(C4CC(C(C)(C)O)C4)cc3cc2NC=O)CC1. The number of benzene rings is 1. The molecule has 2 N–H and O–H groups in total. The van der Waals surface area contributed by atoms with Crippen LogP contribution < -0.4 is 10.1 Å². The highest BCUT2D eigenvalue weighted by Crippen LogP contribution is 2.44. The number of carbonyl (C=O) groups is 1. The summed E-state index contributed by atoms with van der Waals surface area (Å²) in [5.41, 5.74) is 0.911. The Morgan fingerprint density at radius 3 is 2.69 bits per heavy atom. The van der Waals surface area contributed by atoms with E-state index in [1.54, 1.807) is 0 Å². The molecule has 1 saturated carbocycles. The lowest BCUT2D eigenvalue weighted by Gasteiger charge is -2.42. The summed E-state index contributed by atoms with van der Waals surface area (Å²) < 4.78 is 8.12. The minimum absolute atomic E-state index is 0.306. The van der Waals surface area contributed by atoms with E-state index in [4.69, 9.17) is 9.84 Å². The first kappa shape index (κ1) is 20.2. The van der Waals surface area contributed by atoms with Gasteiger partial charge in [-0.1, -0.05) is 0 Å². The zero-order valence-electron chi connectivity index (χ0n) is 17.6. The van der Waals surface area contributed by atoms with Gasteiger partial charge in [0.15, 0.2) is 0 Å². The van der Waals surface area contributed by atoms with Crippen molar-refractivity contribution in [3.63, 3.8) is 0 Å². The molecule has 0 radical (unpaired) electrons. The van der Waals surface area contributed by atoms with Crippen LogP contribution in [0.15, 0.2) is 18.3 Å². The maximum atomic E-state index is 11.1. The summed E-state index contributed by atoms with van der Waals surface area (Å²) >= 11 is 0. The fraction of sp³-hybridized carbons (Fsp3) is 0.636. The van der Waals surface area contributed by atoms with Crippen LogP contribution >= 0.6 is 0 Å². The summed E-state index contributed by atoms with van der Waals surface area (Å²) in [7, 11) is 2.15. The van der Waals surface area contributed by atoms with Gasteiger partial charge >= 0.3 is 0 Å². The number of likely N-dealkylation sites (tertiary alicyclic amines) is 1. The molecular weight excluding hydrogens is 368 g/mol. The van der Waals surface area contributed by atoms with Crippen molar-refractivity contribution in [1.82, 2.24) is 14.7 Å². The molecule has 2 aromatic rings. The van der Waals surface area contributed by atoms with E-state index in [-0.39, 0.29) is 0 Å². The van der Waals surface area contributed by atoms with Crippen LogP contribution in [0.25, 0.3) is 10.9 Å². The molecule has 1 amide bonds. The number of hydrogen-bond donors (Lipinski definition) is 2. The van der Waals surface area contributed by atoms with Crippen molar-refractivity contribution < 1.29 is 14.6 Å². The van der Waals surface area contributed by atoms with Gasteiger partial charge in [0, 0.05) is 17.6 Å². The van der Waals surface area contributed by atoms with Crippen molar-refractivity contribution in [1.29, 1.82) is 0 Å². The summed E-state index contributed by atoms with van der Waals surface area (Å²) in [5, 5.41) is 18.7. The Morgan fingerprint density at radius 1 is 1.31 bits per heavy atom. The number of aromatic nitrogens is 2. The van der Waals surface area contributed by atoms with Gasteiger partial charge in [-0.05, 0) is 77.6 Å². The average molecular weight is 401 g/mol. The number of fused-ring (bicyclic) bond motifs is 1. The first-order valence-corrected chi connectivity index (χ1v) is 10.6. The van der Waals surface area contributed by atoms with Crippen molar-refractivity contribution in [2.75, 3.05) is 32.1 Å². The van der Waals surface area contributed by atoms with Gasteiger partial charge in [0.05, 0.1) is 29.5 Å². The summed E-state index contributed by atoms with van der Waals surface area (Å²) in [6.45, 7) is 6.61. The molecular formula is C22H32N4O3. The predicted molar refractivity (Wildman–Crippen MR) is 113 cm³/mol. The predicted octanol–water partition coefficient (Wildman–Crippen LogP) is 3.05. The molecule has 29 heavy (non-hydrogen) atoms. The average Bonchev–Trinajstić information content (AvgIpc) is 3.01. The number of hydrogen-bond acceptors (Lipinski definition) is 5. The molecule has 2 fully saturated rings. The highest BCUT2D eigenvalue weighted by Gasteiger charge is 2.40. The topological polar surface area (TPSA) is 79.6 Å². The number of nitrogens with zero attached hydrogens (tertiary/aromatic N) is 3. The molecule has 0 atom stereocenters. The number of amides is 1. The van der Waals surface area contributed by atoms with E-state index < -0.39 is 5.60 Å². The first-order valence-electron chi connectivity index (χ1n) is 10.6. The standard InChI is InChI=1S/C22H32N4O3/c1-22(2,28)17-9-18(10-17)26-12-16-8-20(23-14-27)21(11-19(16)24-26)29-13-15-4-6-25(3)7-5-15/h8,11-12,14-15,17-18,28H,4-7,9-10,13H2,1-3H3,(H,23,27). The highest BCUT2D eigenvalue weighted by molar-refractivity contribution is 5.88. The van der Waals surface area contributed by atoms with E-state index in [2.05, 4.69) is 17.3 Å². The summed E-state index contributed by atoms with van der Waals surface area (Å²) in [4.78, 5) is 13.4. The molecule has 0 spiro atoms. The molecule has 1 saturated heterocycles. The normalized spacial score (nSPS) is 23.7. The van der Waals surface area contributed by atoms with Crippen molar-refractivity contribution in [3.8, 4) is 5.75 Å². The van der Waals surface area contributed by atoms with Gasteiger partial charge in [-0.25, -0.2) is 0 Å². The number of anilines is 1. The fourth-order valence-corrected chi connectivity index (χ4v) is 4.37. The third-order valence-corrected chi connectivity index (χ3v) is 6.64. The second kappa shape index (κ2) is 7.95. The Morgan fingerprint density at radius 2 is 2.03 bits per heavy atom. The van der Waals surface area contributed by atoms with Crippen molar-refractivity contribution in [2.24, 2.45) is 11.8 Å². The molecule has 7 heteroatoms. The summed E-state index contributed by atoms with van der Waals surface area (Å²) in [5.74, 6) is 1.52. The van der Waals surface area contributed by atoms with Gasteiger partial charge in [-0.2, -0.15) is 5.10 Å². The Hall–Kier alpha value is -2.12. The molecule has 0 bridgehead atoms. The minimum Gasteiger partial charge on any atom is -0.491 e. The monoisotopic (exact) mass is 400 g/mol. The zero-order chi connectivity index (χ0) is 20.6. The number of piperidine rings is 1. The Bertz CT molecular complexity index is 859. The van der Waals surface area contributed by atoms with Crippen LogP contribution in [-0.2, 0) is 4.79 Å². The molecule has 7 nitrogen and oxygen atoms in total. The van der Waals surface area contributed by atoms with Gasteiger partial charge in [-0.15, -0.1) is 0 Å². The highest BCUT2D eigenvalue weighted by atomic mass is 16.5. The second-order valence-corrected chi connectivity index (χ2v) is 9.31. The number of carbonyl (C=O) groups excluding carboxylic acids is 1. The van der Waals surface area contributed by atoms with Crippen LogP contribution in [0.2, 0.25) is 0 Å². The molecule has 1 aromatic carbocycles. The van der Waals surface area contributed by atoms with E-state index in [0.717, 1.165) is 49.7 Å². The maximum Gasteiger partial charge on any atom is 0.211 e. The summed E-state index contributed by atoms with van der Waals surface area (Å²) in [6.07, 6.45) is 6.83. The van der Waals surface area contributed by atoms with Gasteiger partial charge in [0.25, 0.3) is 0 Å². The lowest BCUT2D eigenvalue weighted by molar-refractivity contribution is -0.105. The second-order valence-electron chi connectivity index (χ2n) is 9.31. The lowest BCUT2D eigenvalue weighted by Crippen LogP contribution is -2.41. The van der Waals surface area contributed by atoms with E-state index in [0.29, 0.717) is 42.3 Å². The molecule has 1 aromatic heterocycles. The van der Waals surface area contributed by atoms with Crippen LogP contribution in [0.4, 0.5) is 5.69 Å². The maximum absolute atomic E-state index is 11.1. The van der Waals surface area contributed by atoms with Crippen molar-refractivity contribution >= 4 is 23.0 Å². The number of rotatable bonds is 7. The molecule has 0 unspecified atom stereocenters. The number of nitrogens with one attached hydrogen (secondary N) is 1. The van der Waals surface area contributed by atoms with E-state index >= 15 is 0 Å². The Balaban J connectivity index is 1.48. The van der Waals surface area contributed by atoms with Crippen molar-refractivity contribution in [3.05, 3.63) is 18.3 Å². The third-order valence-electron chi connectivity index (χ3n) is 6.64. The first-order chi connectivity index (χ1) is 13.8. The minimum atomic E-state index is -0.640. The van der Waals surface area contributed by atoms with Crippen LogP contribution in [0, 0.1) is 11.8 Å². The third kappa shape index (κ3) is 4.41. The molecule has 2 heterocycles. The van der Waals surface area contributed by atoms with Gasteiger partial charge < -0.3 is 20.1 Å². The van der Waals surface area contributed by atoms with Crippen LogP contribution in [0.1, 0.15) is 45.6 Å². The molecule has 2 aliphatic rings. The quantitative estimate of drug-likeness (QED) is 0.699. The van der Waals surface area contributed by atoms with E-state index in [1.807, 2.05) is 36.9 Å².